The van der Waals surface area contributed by atoms with Gasteiger partial charge in [-0.05, 0) is 89.6 Å². The molecule has 2 nitrogen and oxygen atoms in total. The van der Waals surface area contributed by atoms with Gasteiger partial charge in [0.25, 0.3) is 0 Å². The number of hydrogen-bond acceptors (Lipinski definition) is 2. The van der Waals surface area contributed by atoms with E-state index in [1.807, 2.05) is 0 Å². The Morgan fingerprint density at radius 1 is 0.591 bits per heavy atom. The third kappa shape index (κ3) is 7.46. The first kappa shape index (κ1) is 18.3. The molecule has 2 heterocycles. The van der Waals surface area contributed by atoms with Crippen molar-refractivity contribution < 1.29 is 0 Å². The van der Waals surface area contributed by atoms with Gasteiger partial charge in [0.05, 0.1) is 0 Å². The molecule has 130 valence electrons. The summed E-state index contributed by atoms with van der Waals surface area (Å²) in [5.41, 5.74) is 0. The predicted molar refractivity (Wildman–Crippen MR) is 97.4 cm³/mol. The molecule has 2 rings (SSSR count). The van der Waals surface area contributed by atoms with Gasteiger partial charge in [-0.25, -0.2) is 0 Å². The summed E-state index contributed by atoms with van der Waals surface area (Å²) in [6, 6.07) is 0. The molecule has 2 atom stereocenters. The van der Waals surface area contributed by atoms with Crippen LogP contribution in [0.2, 0.25) is 0 Å². The van der Waals surface area contributed by atoms with Crippen LogP contribution >= 0.6 is 0 Å². The first-order valence-corrected chi connectivity index (χ1v) is 10.2. The summed E-state index contributed by atoms with van der Waals surface area (Å²) in [6.07, 6.45) is 14.3. The quantitative estimate of drug-likeness (QED) is 0.674. The minimum atomic E-state index is 0.950. The van der Waals surface area contributed by atoms with Crippen LogP contribution in [0.3, 0.4) is 0 Å². The monoisotopic (exact) mass is 308 g/mol. The Morgan fingerprint density at radius 3 is 1.50 bits per heavy atom. The molecule has 0 spiro atoms. The van der Waals surface area contributed by atoms with E-state index >= 15 is 0 Å². The second-order valence-corrected chi connectivity index (χ2v) is 8.17. The summed E-state index contributed by atoms with van der Waals surface area (Å²) in [5, 5.41) is 0. The molecule has 2 fully saturated rings. The highest BCUT2D eigenvalue weighted by atomic mass is 15.1. The average molecular weight is 309 g/mol. The maximum absolute atomic E-state index is 2.74. The molecule has 0 radical (unpaired) electrons. The van der Waals surface area contributed by atoms with E-state index in [1.165, 1.54) is 103 Å². The topological polar surface area (TPSA) is 6.48 Å². The molecule has 0 aromatic rings. The highest BCUT2D eigenvalue weighted by Crippen LogP contribution is 2.18. The molecule has 0 aromatic heterocycles. The van der Waals surface area contributed by atoms with Gasteiger partial charge < -0.3 is 9.80 Å². The molecule has 0 amide bonds. The molecule has 0 saturated carbocycles. The molecular weight excluding hydrogens is 268 g/mol. The van der Waals surface area contributed by atoms with Crippen molar-refractivity contribution in [1.29, 1.82) is 0 Å². The summed E-state index contributed by atoms with van der Waals surface area (Å²) in [5.74, 6) is 1.90. The largest absolute Gasteiger partial charge is 0.303 e. The van der Waals surface area contributed by atoms with Gasteiger partial charge in [-0.15, -0.1) is 0 Å². The standard InChI is InChI=1S/C20H40N2/c1-19-9-3-5-13-21(17-11-19)15-7-8-16-22-14-6-4-10-20(2)12-18-22/h19-20H,3-18H2,1-2H3. The first-order chi connectivity index (χ1) is 10.7. The Balaban J connectivity index is 1.57. The van der Waals surface area contributed by atoms with Crippen molar-refractivity contribution in [2.75, 3.05) is 39.3 Å². The van der Waals surface area contributed by atoms with Crippen molar-refractivity contribution in [1.82, 2.24) is 9.80 Å². The van der Waals surface area contributed by atoms with Gasteiger partial charge in [-0.3, -0.25) is 0 Å². The molecule has 0 aliphatic carbocycles. The van der Waals surface area contributed by atoms with E-state index in [0.29, 0.717) is 0 Å². The lowest BCUT2D eigenvalue weighted by molar-refractivity contribution is 0.201. The van der Waals surface area contributed by atoms with E-state index in [9.17, 15) is 0 Å². The van der Waals surface area contributed by atoms with Crippen molar-refractivity contribution in [2.45, 2.75) is 78.1 Å². The van der Waals surface area contributed by atoms with E-state index in [0.717, 1.165) is 11.8 Å². The number of hydrogen-bond donors (Lipinski definition) is 0. The van der Waals surface area contributed by atoms with Crippen LogP contribution in [0.5, 0.6) is 0 Å². The Kier molecular flexibility index (Phi) is 8.84. The molecule has 2 heteroatoms. The van der Waals surface area contributed by atoms with Crippen LogP contribution in [-0.2, 0) is 0 Å². The maximum Gasteiger partial charge on any atom is -0.00162 e. The highest BCUT2D eigenvalue weighted by Gasteiger charge is 2.14. The van der Waals surface area contributed by atoms with Crippen molar-refractivity contribution >= 4 is 0 Å². The predicted octanol–water partition coefficient (Wildman–Crippen LogP) is 4.79. The van der Waals surface area contributed by atoms with Crippen molar-refractivity contribution in [3.8, 4) is 0 Å². The lowest BCUT2D eigenvalue weighted by Crippen LogP contribution is -2.32. The van der Waals surface area contributed by atoms with Gasteiger partial charge >= 0.3 is 0 Å². The average Bonchev–Trinajstić information content (AvgIpc) is 2.48. The molecular formula is C20H40N2. The van der Waals surface area contributed by atoms with Gasteiger partial charge in [-0.2, -0.15) is 0 Å². The molecule has 2 aliphatic heterocycles. The Bertz CT molecular complexity index is 251. The van der Waals surface area contributed by atoms with Gasteiger partial charge in [-0.1, -0.05) is 39.5 Å². The minimum absolute atomic E-state index is 0.950. The van der Waals surface area contributed by atoms with Gasteiger partial charge in [0.15, 0.2) is 0 Å². The summed E-state index contributed by atoms with van der Waals surface area (Å²) >= 11 is 0. The molecule has 22 heavy (non-hydrogen) atoms. The van der Waals surface area contributed by atoms with Crippen LogP contribution < -0.4 is 0 Å². The number of rotatable bonds is 5. The summed E-state index contributed by atoms with van der Waals surface area (Å²) in [4.78, 5) is 5.48. The Hall–Kier alpha value is -0.0800. The van der Waals surface area contributed by atoms with Gasteiger partial charge in [0.2, 0.25) is 0 Å². The van der Waals surface area contributed by atoms with Crippen LogP contribution in [0.25, 0.3) is 0 Å². The van der Waals surface area contributed by atoms with Crippen LogP contribution in [-0.4, -0.2) is 49.1 Å². The van der Waals surface area contributed by atoms with Crippen LogP contribution in [0.15, 0.2) is 0 Å². The number of likely N-dealkylation sites (tertiary alicyclic amines) is 2. The third-order valence-electron chi connectivity index (χ3n) is 5.92. The summed E-state index contributed by atoms with van der Waals surface area (Å²) in [7, 11) is 0. The second-order valence-electron chi connectivity index (χ2n) is 8.17. The first-order valence-electron chi connectivity index (χ1n) is 10.2. The lowest BCUT2D eigenvalue weighted by atomic mass is 9.97. The maximum atomic E-state index is 2.74. The molecule has 0 bridgehead atoms. The van der Waals surface area contributed by atoms with E-state index < -0.39 is 0 Å². The lowest BCUT2D eigenvalue weighted by Gasteiger charge is -2.28. The zero-order valence-corrected chi connectivity index (χ0v) is 15.4. The summed E-state index contributed by atoms with van der Waals surface area (Å²) < 4.78 is 0. The van der Waals surface area contributed by atoms with E-state index in [2.05, 4.69) is 23.6 Å². The smallest absolute Gasteiger partial charge is 0.00162 e. The van der Waals surface area contributed by atoms with Gasteiger partial charge in [0, 0.05) is 0 Å². The van der Waals surface area contributed by atoms with E-state index in [-0.39, 0.29) is 0 Å². The fourth-order valence-corrected chi connectivity index (χ4v) is 4.09. The fraction of sp³-hybridized carbons (Fsp3) is 1.00. The molecule has 2 unspecified atom stereocenters. The van der Waals surface area contributed by atoms with Crippen LogP contribution in [0, 0.1) is 11.8 Å². The van der Waals surface area contributed by atoms with E-state index in [4.69, 9.17) is 0 Å². The minimum Gasteiger partial charge on any atom is -0.303 e. The zero-order valence-electron chi connectivity index (χ0n) is 15.4. The van der Waals surface area contributed by atoms with Crippen molar-refractivity contribution in [3.63, 3.8) is 0 Å². The van der Waals surface area contributed by atoms with Crippen molar-refractivity contribution in [2.24, 2.45) is 11.8 Å². The van der Waals surface area contributed by atoms with Crippen LogP contribution in [0.4, 0.5) is 0 Å². The van der Waals surface area contributed by atoms with Crippen LogP contribution in [0.1, 0.15) is 78.1 Å². The zero-order chi connectivity index (χ0) is 15.6. The molecule has 0 N–H and O–H groups in total. The second kappa shape index (κ2) is 10.6. The fourth-order valence-electron chi connectivity index (χ4n) is 4.09. The SMILES string of the molecule is CC1CCCCN(CCCCN2CCCCC(C)CC2)CC1. The number of nitrogens with zero attached hydrogens (tertiary/aromatic N) is 2. The number of unbranched alkanes of at least 4 members (excludes halogenated alkanes) is 1. The highest BCUT2D eigenvalue weighted by molar-refractivity contribution is 4.68. The van der Waals surface area contributed by atoms with Gasteiger partial charge in [0.1, 0.15) is 0 Å². The third-order valence-corrected chi connectivity index (χ3v) is 5.92. The van der Waals surface area contributed by atoms with E-state index in [1.54, 1.807) is 0 Å². The molecule has 2 aliphatic rings. The Labute approximate surface area is 139 Å². The van der Waals surface area contributed by atoms with Crippen molar-refractivity contribution in [3.05, 3.63) is 0 Å². The molecule has 2 saturated heterocycles. The summed E-state index contributed by atoms with van der Waals surface area (Å²) in [6.45, 7) is 13.0. The Morgan fingerprint density at radius 2 is 1.05 bits per heavy atom. The molecule has 0 aromatic carbocycles. The normalized spacial score (nSPS) is 30.3.